The first-order valence-electron chi connectivity index (χ1n) is 6.19. The first-order chi connectivity index (χ1) is 8.02. The molecule has 1 saturated heterocycles. The molecule has 5 heteroatoms. The molecule has 1 fully saturated rings. The number of carbonyl (C=O) groups is 3. The molecule has 0 aliphatic carbocycles. The predicted octanol–water partition coefficient (Wildman–Crippen LogP) is 1.67. The van der Waals surface area contributed by atoms with Crippen molar-refractivity contribution in [2.45, 2.75) is 46.0 Å². The summed E-state index contributed by atoms with van der Waals surface area (Å²) in [5.74, 6) is -0.814. The fraction of sp³-hybridized carbons (Fsp3) is 0.750. The van der Waals surface area contributed by atoms with Gasteiger partial charge in [0.05, 0.1) is 0 Å². The fourth-order valence-corrected chi connectivity index (χ4v) is 1.81. The van der Waals surface area contributed by atoms with Crippen LogP contribution >= 0.6 is 0 Å². The molecule has 0 aromatic carbocycles. The monoisotopic (exact) mass is 240 g/mol. The van der Waals surface area contributed by atoms with E-state index in [1.807, 2.05) is 5.32 Å². The second-order valence-corrected chi connectivity index (χ2v) is 4.81. The van der Waals surface area contributed by atoms with Crippen molar-refractivity contribution in [3.8, 4) is 0 Å². The molecule has 0 atom stereocenters. The number of carbonyl (C=O) groups excluding carboxylic acids is 3. The highest BCUT2D eigenvalue weighted by molar-refractivity contribution is 6.44. The van der Waals surface area contributed by atoms with Crippen molar-refractivity contribution in [3.63, 3.8) is 0 Å². The van der Waals surface area contributed by atoms with Crippen molar-refractivity contribution in [1.82, 2.24) is 10.2 Å². The van der Waals surface area contributed by atoms with Crippen LogP contribution in [0.3, 0.4) is 0 Å². The summed E-state index contributed by atoms with van der Waals surface area (Å²) in [6.07, 6.45) is 5.25. The Balaban J connectivity index is 2.13. The molecule has 1 rings (SSSR count). The van der Waals surface area contributed by atoms with Crippen LogP contribution in [0.25, 0.3) is 0 Å². The van der Waals surface area contributed by atoms with Gasteiger partial charge in [-0.05, 0) is 12.3 Å². The van der Waals surface area contributed by atoms with Gasteiger partial charge in [-0.25, -0.2) is 4.79 Å². The van der Waals surface area contributed by atoms with E-state index in [9.17, 15) is 14.4 Å². The largest absolute Gasteiger partial charge is 0.331 e. The van der Waals surface area contributed by atoms with E-state index in [2.05, 4.69) is 13.8 Å². The lowest BCUT2D eigenvalue weighted by Gasteiger charge is -2.10. The summed E-state index contributed by atoms with van der Waals surface area (Å²) in [5, 5.41) is 1.98. The number of rotatable bonds is 7. The zero-order valence-electron chi connectivity index (χ0n) is 10.5. The lowest BCUT2D eigenvalue weighted by Crippen LogP contribution is -2.31. The molecule has 1 heterocycles. The minimum absolute atomic E-state index is 0.345. The Kier molecular flexibility index (Phi) is 5.12. The highest BCUT2D eigenvalue weighted by Crippen LogP contribution is 2.10. The van der Waals surface area contributed by atoms with E-state index < -0.39 is 17.8 Å². The summed E-state index contributed by atoms with van der Waals surface area (Å²) in [5.41, 5.74) is 0. The van der Waals surface area contributed by atoms with E-state index in [-0.39, 0.29) is 0 Å². The highest BCUT2D eigenvalue weighted by atomic mass is 16.2. The number of imide groups is 2. The van der Waals surface area contributed by atoms with Gasteiger partial charge in [-0.3, -0.25) is 19.8 Å². The molecule has 96 valence electrons. The molecule has 1 aliphatic rings. The number of urea groups is 1. The summed E-state index contributed by atoms with van der Waals surface area (Å²) in [4.78, 5) is 34.3. The van der Waals surface area contributed by atoms with Gasteiger partial charge < -0.3 is 0 Å². The standard InChI is InChI=1S/C12H20N2O3/c1-9(2)7-5-3-4-6-8-14-11(16)10(15)13-12(14)17/h9H,3-8H2,1-2H3,(H,13,15,17). The van der Waals surface area contributed by atoms with E-state index in [1.165, 1.54) is 12.8 Å². The summed E-state index contributed by atoms with van der Waals surface area (Å²) >= 11 is 0. The van der Waals surface area contributed by atoms with Gasteiger partial charge in [-0.2, -0.15) is 0 Å². The maximum atomic E-state index is 11.2. The minimum atomic E-state index is -0.810. The van der Waals surface area contributed by atoms with E-state index >= 15 is 0 Å². The van der Waals surface area contributed by atoms with Gasteiger partial charge in [0.2, 0.25) is 0 Å². The second kappa shape index (κ2) is 6.37. The maximum absolute atomic E-state index is 11.2. The molecule has 0 aromatic heterocycles. The third kappa shape index (κ3) is 4.17. The number of hydrogen-bond donors (Lipinski definition) is 1. The van der Waals surface area contributed by atoms with E-state index in [1.54, 1.807) is 0 Å². The average molecular weight is 240 g/mol. The summed E-state index contributed by atoms with van der Waals surface area (Å²) in [6, 6.07) is -0.581. The average Bonchev–Trinajstić information content (AvgIpc) is 2.48. The lowest BCUT2D eigenvalue weighted by molar-refractivity contribution is -0.140. The van der Waals surface area contributed by atoms with Gasteiger partial charge in [0, 0.05) is 6.54 Å². The van der Waals surface area contributed by atoms with Crippen molar-refractivity contribution < 1.29 is 14.4 Å². The van der Waals surface area contributed by atoms with Gasteiger partial charge >= 0.3 is 17.8 Å². The molecule has 17 heavy (non-hydrogen) atoms. The van der Waals surface area contributed by atoms with Gasteiger partial charge in [-0.1, -0.05) is 39.5 Å². The molecule has 1 aliphatic heterocycles. The third-order valence-corrected chi connectivity index (χ3v) is 2.82. The van der Waals surface area contributed by atoms with E-state index in [4.69, 9.17) is 0 Å². The molecule has 4 amide bonds. The Morgan fingerprint density at radius 1 is 1.06 bits per heavy atom. The van der Waals surface area contributed by atoms with Gasteiger partial charge in [0.15, 0.2) is 0 Å². The molecular weight excluding hydrogens is 220 g/mol. The maximum Gasteiger partial charge on any atom is 0.331 e. The molecule has 0 radical (unpaired) electrons. The predicted molar refractivity (Wildman–Crippen MR) is 63.2 cm³/mol. The van der Waals surface area contributed by atoms with Crippen molar-refractivity contribution in [3.05, 3.63) is 0 Å². The summed E-state index contributed by atoms with van der Waals surface area (Å²) < 4.78 is 0. The molecule has 0 bridgehead atoms. The SMILES string of the molecule is CC(C)CCCCCCN1C(=O)NC(=O)C1=O. The molecule has 1 N–H and O–H groups in total. The van der Waals surface area contributed by atoms with Crippen LogP contribution in [-0.2, 0) is 9.59 Å². The van der Waals surface area contributed by atoms with Crippen molar-refractivity contribution in [2.24, 2.45) is 5.92 Å². The molecule has 0 spiro atoms. The number of hydrogen-bond acceptors (Lipinski definition) is 3. The van der Waals surface area contributed by atoms with Crippen LogP contribution in [0.5, 0.6) is 0 Å². The molecule has 0 unspecified atom stereocenters. The zero-order valence-corrected chi connectivity index (χ0v) is 10.5. The van der Waals surface area contributed by atoms with Crippen LogP contribution in [-0.4, -0.2) is 29.3 Å². The Morgan fingerprint density at radius 2 is 1.71 bits per heavy atom. The van der Waals surface area contributed by atoms with Crippen LogP contribution in [0.2, 0.25) is 0 Å². The number of amides is 4. The van der Waals surface area contributed by atoms with Crippen LogP contribution in [0, 0.1) is 5.92 Å². The fourth-order valence-electron chi connectivity index (χ4n) is 1.81. The van der Waals surface area contributed by atoms with Crippen molar-refractivity contribution in [1.29, 1.82) is 0 Å². The first kappa shape index (κ1) is 13.7. The highest BCUT2D eigenvalue weighted by Gasteiger charge is 2.35. The quantitative estimate of drug-likeness (QED) is 0.418. The Bertz CT molecular complexity index is 313. The molecule has 0 saturated carbocycles. The van der Waals surface area contributed by atoms with E-state index in [0.717, 1.165) is 30.1 Å². The van der Waals surface area contributed by atoms with Crippen molar-refractivity contribution in [2.75, 3.05) is 6.54 Å². The number of nitrogens with zero attached hydrogens (tertiary/aromatic N) is 1. The van der Waals surface area contributed by atoms with Crippen LogP contribution in [0.15, 0.2) is 0 Å². The van der Waals surface area contributed by atoms with Crippen LogP contribution in [0.4, 0.5) is 4.79 Å². The third-order valence-electron chi connectivity index (χ3n) is 2.82. The van der Waals surface area contributed by atoms with Crippen LogP contribution in [0.1, 0.15) is 46.0 Å². The van der Waals surface area contributed by atoms with Crippen molar-refractivity contribution >= 4 is 17.8 Å². The molecule has 0 aromatic rings. The normalized spacial score (nSPS) is 15.9. The summed E-state index contributed by atoms with van der Waals surface area (Å²) in [6.45, 7) is 4.73. The molecular formula is C12H20N2O3. The Labute approximate surface area is 102 Å². The number of unbranched alkanes of at least 4 members (excludes halogenated alkanes) is 3. The zero-order chi connectivity index (χ0) is 12.8. The second-order valence-electron chi connectivity index (χ2n) is 4.81. The Hall–Kier alpha value is -1.39. The van der Waals surface area contributed by atoms with Gasteiger partial charge in [0.1, 0.15) is 0 Å². The summed E-state index contributed by atoms with van der Waals surface area (Å²) in [7, 11) is 0. The van der Waals surface area contributed by atoms with Gasteiger partial charge in [0.25, 0.3) is 0 Å². The van der Waals surface area contributed by atoms with Crippen LogP contribution < -0.4 is 5.32 Å². The number of nitrogens with one attached hydrogen (secondary N) is 1. The molecule has 5 nitrogen and oxygen atoms in total. The first-order valence-corrected chi connectivity index (χ1v) is 6.19. The lowest BCUT2D eigenvalue weighted by atomic mass is 10.0. The minimum Gasteiger partial charge on any atom is -0.269 e. The smallest absolute Gasteiger partial charge is 0.269 e. The van der Waals surface area contributed by atoms with Gasteiger partial charge in [-0.15, -0.1) is 0 Å². The topological polar surface area (TPSA) is 66.5 Å². The Morgan fingerprint density at radius 3 is 2.24 bits per heavy atom. The van der Waals surface area contributed by atoms with E-state index in [0.29, 0.717) is 6.54 Å².